The molecular formula is C42H51N3O9. The molecule has 1 N–H and O–H groups in total. The lowest BCUT2D eigenvalue weighted by Gasteiger charge is -2.41. The fourth-order valence-corrected chi connectivity index (χ4v) is 7.08. The second-order valence-electron chi connectivity index (χ2n) is 15.8. The Bertz CT molecular complexity index is 1870. The minimum absolute atomic E-state index is 0.00609. The molecule has 3 amide bonds. The summed E-state index contributed by atoms with van der Waals surface area (Å²) in [6.45, 7) is 10.0. The number of benzene rings is 3. The molecule has 0 bridgehead atoms. The SMILES string of the molecule is COCCCN1C(=O)COc2ccc(N(C(=O)[C@H]3CN(C(=O)OC(C)(C)C)CC[C@@H]3c3cccc(-c4ccc(OC(C)(C)C(=O)O)cc4)c3)C3CC3)cc21. The smallest absolute Gasteiger partial charge is 0.410 e. The van der Waals surface area contributed by atoms with E-state index in [1.807, 2.05) is 74.2 Å². The van der Waals surface area contributed by atoms with E-state index < -0.39 is 29.2 Å². The molecule has 6 rings (SSSR count). The Balaban J connectivity index is 1.32. The molecule has 0 aromatic heterocycles. The Morgan fingerprint density at radius 3 is 2.35 bits per heavy atom. The molecule has 3 aromatic rings. The van der Waals surface area contributed by atoms with Crippen molar-refractivity contribution in [3.05, 3.63) is 72.3 Å². The summed E-state index contributed by atoms with van der Waals surface area (Å²) in [4.78, 5) is 58.3. The number of ether oxygens (including phenoxy) is 4. The first-order chi connectivity index (χ1) is 25.6. The van der Waals surface area contributed by atoms with Gasteiger partial charge in [-0.25, -0.2) is 9.59 Å². The quantitative estimate of drug-likeness (QED) is 0.197. The first-order valence-corrected chi connectivity index (χ1v) is 18.6. The summed E-state index contributed by atoms with van der Waals surface area (Å²) in [5.74, 6) is -1.04. The van der Waals surface area contributed by atoms with Gasteiger partial charge in [-0.15, -0.1) is 0 Å². The number of fused-ring (bicyclic) bond motifs is 1. The molecule has 0 spiro atoms. The number of carboxylic acids is 1. The average Bonchev–Trinajstić information content (AvgIpc) is 3.97. The lowest BCUT2D eigenvalue weighted by molar-refractivity contribution is -0.152. The van der Waals surface area contributed by atoms with Crippen molar-refractivity contribution in [2.45, 2.75) is 83.5 Å². The minimum Gasteiger partial charge on any atom is -0.482 e. The monoisotopic (exact) mass is 741 g/mol. The summed E-state index contributed by atoms with van der Waals surface area (Å²) in [5, 5.41) is 9.48. The summed E-state index contributed by atoms with van der Waals surface area (Å²) < 4.78 is 22.5. The highest BCUT2D eigenvalue weighted by Crippen LogP contribution is 2.43. The number of amides is 3. The van der Waals surface area contributed by atoms with Crippen molar-refractivity contribution < 1.29 is 43.2 Å². The van der Waals surface area contributed by atoms with Gasteiger partial charge in [0.25, 0.3) is 5.91 Å². The molecule has 0 unspecified atom stereocenters. The molecule has 288 valence electrons. The number of rotatable bonds is 12. The maximum atomic E-state index is 15.1. The Morgan fingerprint density at radius 1 is 0.944 bits per heavy atom. The van der Waals surface area contributed by atoms with E-state index in [0.717, 1.165) is 29.5 Å². The van der Waals surface area contributed by atoms with E-state index in [2.05, 4.69) is 6.07 Å². The highest BCUT2D eigenvalue weighted by Gasteiger charge is 2.44. The number of carboxylic acid groups (broad SMARTS) is 1. The minimum atomic E-state index is -1.38. The third-order valence-electron chi connectivity index (χ3n) is 10.0. The third kappa shape index (κ3) is 8.81. The van der Waals surface area contributed by atoms with Gasteiger partial charge in [0, 0.05) is 45.1 Å². The molecule has 2 fully saturated rings. The molecule has 1 saturated carbocycles. The van der Waals surface area contributed by atoms with Crippen LogP contribution >= 0.6 is 0 Å². The van der Waals surface area contributed by atoms with Gasteiger partial charge in [0.15, 0.2) is 12.2 Å². The highest BCUT2D eigenvalue weighted by molar-refractivity contribution is 6.01. The van der Waals surface area contributed by atoms with Crippen molar-refractivity contribution in [3.63, 3.8) is 0 Å². The molecule has 2 heterocycles. The van der Waals surface area contributed by atoms with Gasteiger partial charge in [0.1, 0.15) is 17.1 Å². The molecule has 1 saturated heterocycles. The summed E-state index contributed by atoms with van der Waals surface area (Å²) in [7, 11) is 1.63. The number of hydrogen-bond acceptors (Lipinski definition) is 8. The predicted octanol–water partition coefficient (Wildman–Crippen LogP) is 6.89. The van der Waals surface area contributed by atoms with Crippen LogP contribution < -0.4 is 19.3 Å². The number of nitrogens with zero attached hydrogens (tertiary/aromatic N) is 3. The van der Waals surface area contributed by atoms with E-state index >= 15 is 4.79 Å². The predicted molar refractivity (Wildman–Crippen MR) is 204 cm³/mol. The van der Waals surface area contributed by atoms with Crippen molar-refractivity contribution >= 4 is 35.3 Å². The van der Waals surface area contributed by atoms with Crippen molar-refractivity contribution in [1.29, 1.82) is 0 Å². The van der Waals surface area contributed by atoms with E-state index in [9.17, 15) is 19.5 Å². The van der Waals surface area contributed by atoms with E-state index in [4.69, 9.17) is 18.9 Å². The normalized spacial score (nSPS) is 18.7. The van der Waals surface area contributed by atoms with Crippen LogP contribution in [-0.2, 0) is 23.9 Å². The van der Waals surface area contributed by atoms with Gasteiger partial charge in [0.2, 0.25) is 5.91 Å². The van der Waals surface area contributed by atoms with Crippen LogP contribution in [0.3, 0.4) is 0 Å². The molecule has 54 heavy (non-hydrogen) atoms. The standard InChI is InChI=1S/C42H51N3O9/c1-41(2,3)54-40(50)43-21-19-33(29-10-7-9-28(23-29)27-11-16-32(17-12-27)53-42(4,5)39(48)49)34(25-43)38(47)45(30-13-14-30)31-15-18-36-35(24-31)44(20-8-22-51-6)37(46)26-52-36/h7,9-12,15-18,23-24,30,33-34H,8,13-14,19-22,25-26H2,1-6H3,(H,48,49)/t33-,34+/m1/s1. The van der Waals surface area contributed by atoms with Crippen LogP contribution in [0.2, 0.25) is 0 Å². The Labute approximate surface area is 316 Å². The number of piperidine rings is 1. The first kappa shape index (κ1) is 38.6. The zero-order valence-electron chi connectivity index (χ0n) is 32.0. The molecule has 3 aromatic carbocycles. The van der Waals surface area contributed by atoms with Crippen molar-refractivity contribution in [2.75, 3.05) is 49.8 Å². The summed E-state index contributed by atoms with van der Waals surface area (Å²) >= 11 is 0. The number of methoxy groups -OCH3 is 1. The van der Waals surface area contributed by atoms with Crippen LogP contribution in [0, 0.1) is 5.92 Å². The molecule has 2 aliphatic heterocycles. The molecule has 3 aliphatic rings. The van der Waals surface area contributed by atoms with Crippen molar-refractivity contribution in [2.24, 2.45) is 5.92 Å². The molecule has 2 atom stereocenters. The van der Waals surface area contributed by atoms with E-state index in [1.165, 1.54) is 13.8 Å². The maximum absolute atomic E-state index is 15.1. The lowest BCUT2D eigenvalue weighted by Crippen LogP contribution is -2.51. The first-order valence-electron chi connectivity index (χ1n) is 18.6. The molecule has 12 nitrogen and oxygen atoms in total. The fourth-order valence-electron chi connectivity index (χ4n) is 7.08. The third-order valence-corrected chi connectivity index (χ3v) is 10.0. The number of anilines is 2. The second kappa shape index (κ2) is 15.7. The number of aliphatic carboxylic acids is 1. The number of hydrogen-bond donors (Lipinski definition) is 1. The second-order valence-corrected chi connectivity index (χ2v) is 15.8. The topological polar surface area (TPSA) is 135 Å². The summed E-state index contributed by atoms with van der Waals surface area (Å²) in [5.41, 5.74) is 2.07. The molecular weight excluding hydrogens is 690 g/mol. The van der Waals surface area contributed by atoms with Gasteiger partial charge < -0.3 is 38.8 Å². The van der Waals surface area contributed by atoms with E-state index in [1.54, 1.807) is 29.0 Å². The summed E-state index contributed by atoms with van der Waals surface area (Å²) in [6, 6.07) is 21.0. The number of carbonyl (C=O) groups excluding carboxylic acids is 3. The van der Waals surface area contributed by atoms with Crippen molar-refractivity contribution in [3.8, 4) is 22.6 Å². The van der Waals surface area contributed by atoms with Crippen molar-refractivity contribution in [1.82, 2.24) is 4.90 Å². The van der Waals surface area contributed by atoms with Crippen LogP contribution in [0.15, 0.2) is 66.7 Å². The largest absolute Gasteiger partial charge is 0.482 e. The lowest BCUT2D eigenvalue weighted by atomic mass is 9.78. The summed E-state index contributed by atoms with van der Waals surface area (Å²) in [6.07, 6.45) is 2.45. The van der Waals surface area contributed by atoms with Crippen LogP contribution in [0.25, 0.3) is 11.1 Å². The molecule has 0 radical (unpaired) electrons. The highest BCUT2D eigenvalue weighted by atomic mass is 16.6. The van der Waals surface area contributed by atoms with Gasteiger partial charge in [-0.1, -0.05) is 36.4 Å². The van der Waals surface area contributed by atoms with Crippen LogP contribution in [0.1, 0.15) is 71.8 Å². The van der Waals surface area contributed by atoms with Gasteiger partial charge in [0.05, 0.1) is 11.6 Å². The molecule has 1 aliphatic carbocycles. The fraction of sp³-hybridized carbons (Fsp3) is 0.476. The van der Waals surface area contributed by atoms with E-state index in [0.29, 0.717) is 55.4 Å². The maximum Gasteiger partial charge on any atom is 0.410 e. The number of carbonyl (C=O) groups is 4. The van der Waals surface area contributed by atoms with Gasteiger partial charge in [-0.3, -0.25) is 9.59 Å². The zero-order chi connectivity index (χ0) is 38.8. The van der Waals surface area contributed by atoms with Crippen LogP contribution in [-0.4, -0.2) is 91.1 Å². The van der Waals surface area contributed by atoms with E-state index in [-0.39, 0.29) is 36.9 Å². The Morgan fingerprint density at radius 2 is 1.69 bits per heavy atom. The van der Waals surface area contributed by atoms with Gasteiger partial charge in [-0.2, -0.15) is 0 Å². The van der Waals surface area contributed by atoms with Gasteiger partial charge in [-0.05, 0) is 113 Å². The average molecular weight is 742 g/mol. The Kier molecular flexibility index (Phi) is 11.2. The number of likely N-dealkylation sites (tertiary alicyclic amines) is 1. The zero-order valence-corrected chi connectivity index (χ0v) is 32.0. The Hall–Kier alpha value is -5.10. The van der Waals surface area contributed by atoms with Gasteiger partial charge >= 0.3 is 12.1 Å². The van der Waals surface area contributed by atoms with Crippen LogP contribution in [0.5, 0.6) is 11.5 Å². The molecule has 12 heteroatoms. The van der Waals surface area contributed by atoms with Crippen LogP contribution in [0.4, 0.5) is 16.2 Å².